The maximum Gasteiger partial charge on any atom is 0.418 e. The molecular weight excluding hydrogens is 1050 g/mol. The van der Waals surface area contributed by atoms with Crippen molar-refractivity contribution in [3.05, 3.63) is 240 Å². The van der Waals surface area contributed by atoms with Crippen LogP contribution < -0.4 is 0 Å². The van der Waals surface area contributed by atoms with Crippen LogP contribution in [0.5, 0.6) is 0 Å². The zero-order valence-corrected chi connectivity index (χ0v) is 42.1. The summed E-state index contributed by atoms with van der Waals surface area (Å²) < 4.78 is 184. The highest BCUT2D eigenvalue weighted by molar-refractivity contribution is 6.13. The van der Waals surface area contributed by atoms with Gasteiger partial charge in [-0.2, -0.15) is 52.7 Å². The Morgan fingerprint density at radius 2 is 0.512 bits per heavy atom. The van der Waals surface area contributed by atoms with Crippen LogP contribution in [0.15, 0.2) is 206 Å². The Hall–Kier alpha value is -9.04. The number of halogens is 12. The summed E-state index contributed by atoms with van der Waals surface area (Å²) in [5.41, 5.74) is -0.135. The summed E-state index contributed by atoms with van der Waals surface area (Å²) in [6.45, 7) is 3.84. The quantitative estimate of drug-likeness (QED) is 0.141. The molecule has 0 unspecified atom stereocenters. The van der Waals surface area contributed by atoms with Crippen molar-refractivity contribution in [2.75, 3.05) is 0 Å². The van der Waals surface area contributed by atoms with E-state index in [1.165, 1.54) is 83.4 Å². The highest BCUT2D eigenvalue weighted by Crippen LogP contribution is 2.48. The average molecular weight is 1090 g/mol. The molecule has 0 atom stereocenters. The average Bonchev–Trinajstić information content (AvgIpc) is 3.98. The van der Waals surface area contributed by atoms with Crippen molar-refractivity contribution in [1.29, 1.82) is 0 Å². The van der Waals surface area contributed by atoms with Gasteiger partial charge in [0, 0.05) is 21.5 Å². The Labute approximate surface area is 449 Å². The fourth-order valence-electron chi connectivity index (χ4n) is 11.3. The van der Waals surface area contributed by atoms with Gasteiger partial charge in [0.2, 0.25) is 0 Å². The molecule has 2 nitrogen and oxygen atoms in total. The number of fused-ring (bicyclic) bond motifs is 6. The van der Waals surface area contributed by atoms with Crippen molar-refractivity contribution in [3.8, 4) is 67.0 Å². The molecule has 0 bridgehead atoms. The molecule has 0 fully saturated rings. The molecule has 0 spiro atoms. The van der Waals surface area contributed by atoms with Crippen LogP contribution in [0.1, 0.15) is 33.4 Å². The van der Waals surface area contributed by atoms with Gasteiger partial charge in [0.25, 0.3) is 0 Å². The molecule has 0 aliphatic heterocycles. The van der Waals surface area contributed by atoms with Crippen LogP contribution in [-0.2, 0) is 24.7 Å². The molecule has 0 aliphatic rings. The molecule has 12 rings (SSSR count). The molecule has 10 aromatic carbocycles. The number of aryl methyl sites for hydroxylation is 2. The van der Waals surface area contributed by atoms with E-state index in [4.69, 9.17) is 0 Å². The summed E-state index contributed by atoms with van der Waals surface area (Å²) in [7, 11) is 0. The molecule has 0 saturated heterocycles. The molecule has 12 aromatic rings. The number of rotatable bonds is 7. The minimum Gasteiger partial charge on any atom is -0.309 e. The normalized spacial score (nSPS) is 12.6. The van der Waals surface area contributed by atoms with E-state index in [-0.39, 0.29) is 60.9 Å². The molecule has 2 aromatic heterocycles. The summed E-state index contributed by atoms with van der Waals surface area (Å²) in [5.74, 6) is 0. The van der Waals surface area contributed by atoms with Crippen molar-refractivity contribution in [2.24, 2.45) is 0 Å². The molecule has 0 saturated carbocycles. The predicted molar refractivity (Wildman–Crippen MR) is 292 cm³/mol. The minimum atomic E-state index is -5.13. The van der Waals surface area contributed by atoms with Crippen LogP contribution in [0.2, 0.25) is 0 Å². The van der Waals surface area contributed by atoms with Gasteiger partial charge >= 0.3 is 24.7 Å². The van der Waals surface area contributed by atoms with Gasteiger partial charge in [-0.15, -0.1) is 0 Å². The predicted octanol–water partition coefficient (Wildman–Crippen LogP) is 20.9. The Kier molecular flexibility index (Phi) is 12.2. The minimum absolute atomic E-state index is 0.0112. The van der Waals surface area contributed by atoms with Crippen LogP contribution >= 0.6 is 0 Å². The largest absolute Gasteiger partial charge is 0.418 e. The van der Waals surface area contributed by atoms with E-state index in [9.17, 15) is 26.3 Å². The third-order valence-corrected chi connectivity index (χ3v) is 15.0. The zero-order valence-electron chi connectivity index (χ0n) is 42.1. The van der Waals surface area contributed by atoms with E-state index >= 15 is 26.3 Å². The van der Waals surface area contributed by atoms with Crippen molar-refractivity contribution in [3.63, 3.8) is 0 Å². The van der Waals surface area contributed by atoms with Gasteiger partial charge in [0.15, 0.2) is 0 Å². The van der Waals surface area contributed by atoms with E-state index in [1.54, 1.807) is 0 Å². The second-order valence-electron chi connectivity index (χ2n) is 19.8. The van der Waals surface area contributed by atoms with Gasteiger partial charge in [-0.05, 0) is 141 Å². The first-order chi connectivity index (χ1) is 38.0. The van der Waals surface area contributed by atoms with Gasteiger partial charge < -0.3 is 9.13 Å². The Bertz CT molecular complexity index is 4230. The molecular formula is C66H40F12N2. The Morgan fingerprint density at radius 3 is 0.812 bits per heavy atom. The first-order valence-corrected chi connectivity index (χ1v) is 25.1. The zero-order chi connectivity index (χ0) is 56.2. The lowest BCUT2D eigenvalue weighted by Crippen LogP contribution is -2.12. The second kappa shape index (κ2) is 18.8. The third kappa shape index (κ3) is 8.92. The highest BCUT2D eigenvalue weighted by atomic mass is 19.4. The SMILES string of the molecule is Cc1ccccc1-c1ccc2c3ccc(-c4ccccc4C)cc3n(-c3cc(-c4ccc(C(F)(F)F)c(-n5c6cc(-c7ccccc7C(F)(F)F)ccc6c6ccc(-c7ccccc7C(F)(F)F)cc65)c4)ccc3C(F)(F)F)c2c1. The van der Waals surface area contributed by atoms with Crippen LogP contribution in [0.4, 0.5) is 52.7 Å². The first kappa shape index (κ1) is 51.7. The number of aromatic nitrogens is 2. The third-order valence-electron chi connectivity index (χ3n) is 15.0. The summed E-state index contributed by atoms with van der Waals surface area (Å²) in [4.78, 5) is 0. The summed E-state index contributed by atoms with van der Waals surface area (Å²) >= 11 is 0. The van der Waals surface area contributed by atoms with E-state index in [2.05, 4.69) is 0 Å². The standard InChI is InChI=1S/C66H40F12N2/c1-37-11-3-5-13-45(37)41-19-25-49-50-26-20-42(46-14-6-4-12-38(46)2)34-58(50)79(57(49)33-41)61-31-39(23-29-55(61)65(73,74)75)40-24-30-56(66(76,77)78)62(32-40)80-59-35-43(47-15-7-9-17-53(47)63(67,68)69)21-27-51(59)52-28-22-44(36-60(52)80)48-16-8-10-18-54(48)64(70,71)72/h3-36H,1-2H3. The topological polar surface area (TPSA) is 9.86 Å². The summed E-state index contributed by atoms with van der Waals surface area (Å²) in [6.07, 6.45) is -19.8. The van der Waals surface area contributed by atoms with Crippen LogP contribution in [0.25, 0.3) is 111 Å². The number of hydrogen-bond acceptors (Lipinski definition) is 0. The van der Waals surface area contributed by atoms with Gasteiger partial charge in [0.05, 0.1) is 55.7 Å². The van der Waals surface area contributed by atoms with Gasteiger partial charge in [-0.25, -0.2) is 0 Å². The summed E-state index contributed by atoms with van der Waals surface area (Å²) in [6, 6.07) is 50.2. The monoisotopic (exact) mass is 1090 g/mol. The van der Waals surface area contributed by atoms with Crippen LogP contribution in [0.3, 0.4) is 0 Å². The number of nitrogens with zero attached hydrogens (tertiary/aromatic N) is 2. The van der Waals surface area contributed by atoms with Crippen molar-refractivity contribution in [1.82, 2.24) is 9.13 Å². The van der Waals surface area contributed by atoms with Crippen LogP contribution in [0, 0.1) is 13.8 Å². The molecule has 0 radical (unpaired) electrons. The Balaban J connectivity index is 1.15. The maximum atomic E-state index is 15.7. The number of benzene rings is 10. The van der Waals surface area contributed by atoms with Crippen molar-refractivity contribution < 1.29 is 52.7 Å². The van der Waals surface area contributed by atoms with E-state index in [1.807, 2.05) is 98.8 Å². The van der Waals surface area contributed by atoms with Gasteiger partial charge in [-0.3, -0.25) is 0 Å². The van der Waals surface area contributed by atoms with Crippen LogP contribution in [-0.4, -0.2) is 9.13 Å². The van der Waals surface area contributed by atoms with Crippen molar-refractivity contribution in [2.45, 2.75) is 38.6 Å². The molecule has 0 N–H and O–H groups in total. The smallest absolute Gasteiger partial charge is 0.309 e. The van der Waals surface area contributed by atoms with Gasteiger partial charge in [0.1, 0.15) is 0 Å². The fraction of sp³-hybridized carbons (Fsp3) is 0.0909. The number of hydrogen-bond donors (Lipinski definition) is 0. The van der Waals surface area contributed by atoms with Crippen molar-refractivity contribution >= 4 is 43.6 Å². The van der Waals surface area contributed by atoms with E-state index in [0.717, 1.165) is 80.4 Å². The molecule has 0 aliphatic carbocycles. The molecule has 2 heterocycles. The van der Waals surface area contributed by atoms with Gasteiger partial charge in [-0.1, -0.05) is 146 Å². The lowest BCUT2D eigenvalue weighted by Gasteiger charge is -2.20. The summed E-state index contributed by atoms with van der Waals surface area (Å²) in [5, 5.41) is 1.76. The van der Waals surface area contributed by atoms with E-state index < -0.39 is 52.6 Å². The lowest BCUT2D eigenvalue weighted by molar-refractivity contribution is -0.138. The molecule has 80 heavy (non-hydrogen) atoms. The molecule has 0 amide bonds. The highest BCUT2D eigenvalue weighted by Gasteiger charge is 2.39. The van der Waals surface area contributed by atoms with E-state index in [0.29, 0.717) is 21.8 Å². The molecule has 14 heteroatoms. The Morgan fingerprint density at radius 1 is 0.250 bits per heavy atom. The maximum absolute atomic E-state index is 15.7. The molecule has 398 valence electrons. The second-order valence-corrected chi connectivity index (χ2v) is 19.8. The fourth-order valence-corrected chi connectivity index (χ4v) is 11.3. The number of alkyl halides is 12. The lowest BCUT2D eigenvalue weighted by atomic mass is 9.97. The first-order valence-electron chi connectivity index (χ1n) is 25.1.